The fraction of sp³-hybridized carbons (Fsp3) is 0.565. The number of methoxy groups -OCH3 is 1. The second-order valence-corrected chi connectivity index (χ2v) is 12.0. The Morgan fingerprint density at radius 1 is 1.19 bits per heavy atom. The zero-order chi connectivity index (χ0) is 23.1. The second kappa shape index (κ2) is 11.5. The van der Waals surface area contributed by atoms with Crippen LogP contribution in [-0.2, 0) is 14.6 Å². The molecule has 0 spiro atoms. The summed E-state index contributed by atoms with van der Waals surface area (Å²) in [5, 5.41) is 0. The first-order valence-corrected chi connectivity index (χ1v) is 14.2. The predicted octanol–water partition coefficient (Wildman–Crippen LogP) is 4.82. The minimum Gasteiger partial charge on any atom is -0.493 e. The van der Waals surface area contributed by atoms with Crippen LogP contribution in [0.15, 0.2) is 23.1 Å². The van der Waals surface area contributed by atoms with Gasteiger partial charge in [-0.1, -0.05) is 69.1 Å². The molecule has 3 rings (SSSR count). The molecule has 176 valence electrons. The van der Waals surface area contributed by atoms with E-state index in [1.165, 1.54) is 42.3 Å². The number of benzene rings is 1. The van der Waals surface area contributed by atoms with E-state index in [9.17, 15) is 13.2 Å². The molecule has 1 unspecified atom stereocenters. The summed E-state index contributed by atoms with van der Waals surface area (Å²) >= 11 is 6.58. The summed E-state index contributed by atoms with van der Waals surface area (Å²) in [6, 6.07) is 5.20. The van der Waals surface area contributed by atoms with Gasteiger partial charge < -0.3 is 9.47 Å². The number of unbranched alkanes of at least 4 members (excludes halogenated alkanes) is 5. The highest BCUT2D eigenvalue weighted by Gasteiger charge is 2.42. The van der Waals surface area contributed by atoms with E-state index in [1.807, 2.05) is 18.2 Å². The molecule has 2 aliphatic heterocycles. The monoisotopic (exact) mass is 497 g/mol. The number of hydrogen-bond acceptors (Lipinski definition) is 7. The molecule has 0 radical (unpaired) electrons. The molecule has 2 aliphatic rings. The maximum Gasteiger partial charge on any atom is 0.266 e. The molecule has 1 aromatic carbocycles. The van der Waals surface area contributed by atoms with Crippen LogP contribution >= 0.6 is 24.0 Å². The second-order valence-electron chi connectivity index (χ2n) is 8.14. The third kappa shape index (κ3) is 6.48. The van der Waals surface area contributed by atoms with Crippen molar-refractivity contribution in [2.24, 2.45) is 0 Å². The van der Waals surface area contributed by atoms with E-state index < -0.39 is 9.84 Å². The molecule has 1 aromatic rings. The van der Waals surface area contributed by atoms with Crippen LogP contribution in [0.25, 0.3) is 6.08 Å². The number of rotatable bonds is 11. The zero-order valence-electron chi connectivity index (χ0n) is 18.7. The third-order valence-electron chi connectivity index (χ3n) is 5.64. The van der Waals surface area contributed by atoms with Gasteiger partial charge in [-0.3, -0.25) is 9.69 Å². The van der Waals surface area contributed by atoms with Crippen molar-refractivity contribution >= 4 is 50.1 Å². The number of thioether (sulfide) groups is 1. The standard InChI is InChI=1S/C23H31NO5S3/c1-3-4-5-6-7-8-12-29-19-10-9-17(14-20(19)28-2)15-21-22(25)24(23(30)31-21)18-11-13-32(26,27)16-18/h9-10,14-15,18H,3-8,11-13,16H2,1-2H3/b21-15-. The molecule has 1 atom stereocenters. The Kier molecular flexibility index (Phi) is 9.02. The van der Waals surface area contributed by atoms with E-state index in [4.69, 9.17) is 21.7 Å². The summed E-state index contributed by atoms with van der Waals surface area (Å²) in [6.45, 7) is 2.85. The Labute approximate surface area is 200 Å². The van der Waals surface area contributed by atoms with Crippen molar-refractivity contribution in [1.82, 2.24) is 4.90 Å². The van der Waals surface area contributed by atoms with Crippen LogP contribution in [0.3, 0.4) is 0 Å². The Morgan fingerprint density at radius 3 is 2.62 bits per heavy atom. The molecule has 2 fully saturated rings. The quantitative estimate of drug-likeness (QED) is 0.246. The van der Waals surface area contributed by atoms with Crippen molar-refractivity contribution in [2.75, 3.05) is 25.2 Å². The molecule has 0 saturated carbocycles. The Balaban J connectivity index is 1.62. The number of sulfone groups is 1. The summed E-state index contributed by atoms with van der Waals surface area (Å²) in [4.78, 5) is 14.9. The van der Waals surface area contributed by atoms with Gasteiger partial charge in [0.15, 0.2) is 21.3 Å². The summed E-state index contributed by atoms with van der Waals surface area (Å²) in [5.74, 6) is 1.14. The first-order valence-electron chi connectivity index (χ1n) is 11.1. The van der Waals surface area contributed by atoms with E-state index >= 15 is 0 Å². The Morgan fingerprint density at radius 2 is 1.94 bits per heavy atom. The van der Waals surface area contributed by atoms with Crippen LogP contribution in [0.2, 0.25) is 0 Å². The number of nitrogens with zero attached hydrogens (tertiary/aromatic N) is 1. The van der Waals surface area contributed by atoms with E-state index in [1.54, 1.807) is 13.2 Å². The maximum absolute atomic E-state index is 12.9. The van der Waals surface area contributed by atoms with Crippen LogP contribution in [0.4, 0.5) is 0 Å². The lowest BCUT2D eigenvalue weighted by Gasteiger charge is -2.20. The highest BCUT2D eigenvalue weighted by atomic mass is 32.2. The Hall–Kier alpha value is -1.58. The van der Waals surface area contributed by atoms with Crippen LogP contribution in [0, 0.1) is 0 Å². The van der Waals surface area contributed by atoms with Crippen molar-refractivity contribution in [3.63, 3.8) is 0 Å². The third-order valence-corrected chi connectivity index (χ3v) is 8.72. The van der Waals surface area contributed by atoms with Gasteiger partial charge in [0.25, 0.3) is 5.91 Å². The molecule has 6 nitrogen and oxygen atoms in total. The van der Waals surface area contributed by atoms with Crippen LogP contribution in [-0.4, -0.2) is 54.8 Å². The van der Waals surface area contributed by atoms with Gasteiger partial charge in [0.1, 0.15) is 4.32 Å². The van der Waals surface area contributed by atoms with Crippen LogP contribution in [0.5, 0.6) is 11.5 Å². The minimum absolute atomic E-state index is 0.0226. The average Bonchev–Trinajstić information content (AvgIpc) is 3.25. The molecule has 9 heteroatoms. The van der Waals surface area contributed by atoms with Gasteiger partial charge in [0.05, 0.1) is 36.2 Å². The smallest absolute Gasteiger partial charge is 0.266 e. The normalized spacial score (nSPS) is 21.5. The zero-order valence-corrected chi connectivity index (χ0v) is 21.1. The van der Waals surface area contributed by atoms with Crippen molar-refractivity contribution in [1.29, 1.82) is 0 Å². The summed E-state index contributed by atoms with van der Waals surface area (Å²) < 4.78 is 35.4. The lowest BCUT2D eigenvalue weighted by Crippen LogP contribution is -2.39. The summed E-state index contributed by atoms with van der Waals surface area (Å²) in [6.07, 6.45) is 9.40. The summed E-state index contributed by atoms with van der Waals surface area (Å²) in [7, 11) is -1.50. The number of amides is 1. The predicted molar refractivity (Wildman–Crippen MR) is 134 cm³/mol. The van der Waals surface area contributed by atoms with E-state index in [-0.39, 0.29) is 23.5 Å². The molecular weight excluding hydrogens is 466 g/mol. The molecule has 0 bridgehead atoms. The van der Waals surface area contributed by atoms with Gasteiger partial charge in [-0.15, -0.1) is 0 Å². The SMILES string of the molecule is CCCCCCCCOc1ccc(/C=C2\SC(=S)N(C3CCS(=O)(=O)C3)C2=O)cc1OC. The molecule has 32 heavy (non-hydrogen) atoms. The molecule has 0 aliphatic carbocycles. The van der Waals surface area contributed by atoms with E-state index in [0.29, 0.717) is 33.8 Å². The van der Waals surface area contributed by atoms with Gasteiger partial charge in [-0.2, -0.15) is 0 Å². The minimum atomic E-state index is -3.10. The molecule has 2 heterocycles. The van der Waals surface area contributed by atoms with Gasteiger partial charge >= 0.3 is 0 Å². The van der Waals surface area contributed by atoms with Crippen LogP contribution < -0.4 is 9.47 Å². The molecule has 1 amide bonds. The van der Waals surface area contributed by atoms with Crippen LogP contribution in [0.1, 0.15) is 57.4 Å². The lowest BCUT2D eigenvalue weighted by atomic mass is 10.1. The lowest BCUT2D eigenvalue weighted by molar-refractivity contribution is -0.123. The molecular formula is C23H31NO5S3. The largest absolute Gasteiger partial charge is 0.493 e. The van der Waals surface area contributed by atoms with Crippen molar-refractivity contribution in [3.05, 3.63) is 28.7 Å². The highest BCUT2D eigenvalue weighted by Crippen LogP contribution is 2.37. The van der Waals surface area contributed by atoms with E-state index in [2.05, 4.69) is 6.92 Å². The Bertz CT molecular complexity index is 974. The van der Waals surface area contributed by atoms with Gasteiger partial charge in [0.2, 0.25) is 0 Å². The number of carbonyl (C=O) groups excluding carboxylic acids is 1. The first kappa shape index (κ1) is 25.1. The number of ether oxygens (including phenoxy) is 2. The topological polar surface area (TPSA) is 72.9 Å². The number of hydrogen-bond donors (Lipinski definition) is 0. The van der Waals surface area contributed by atoms with Gasteiger partial charge in [-0.05, 0) is 36.6 Å². The fourth-order valence-electron chi connectivity index (χ4n) is 3.88. The van der Waals surface area contributed by atoms with Crippen molar-refractivity contribution in [3.8, 4) is 11.5 Å². The maximum atomic E-state index is 12.9. The first-order chi connectivity index (χ1) is 15.3. The molecule has 2 saturated heterocycles. The van der Waals surface area contributed by atoms with Gasteiger partial charge in [-0.25, -0.2) is 8.42 Å². The summed E-state index contributed by atoms with van der Waals surface area (Å²) in [5.41, 5.74) is 0.799. The molecule has 0 N–H and O–H groups in total. The average molecular weight is 498 g/mol. The highest BCUT2D eigenvalue weighted by molar-refractivity contribution is 8.26. The molecule has 0 aromatic heterocycles. The fourth-order valence-corrected chi connectivity index (χ4v) is 6.98. The van der Waals surface area contributed by atoms with E-state index in [0.717, 1.165) is 18.4 Å². The van der Waals surface area contributed by atoms with Gasteiger partial charge in [0, 0.05) is 0 Å². The number of carbonyl (C=O) groups is 1. The number of thiocarbonyl (C=S) groups is 1. The van der Waals surface area contributed by atoms with Crippen molar-refractivity contribution < 1.29 is 22.7 Å². The van der Waals surface area contributed by atoms with Crippen molar-refractivity contribution in [2.45, 2.75) is 57.9 Å².